The molecule has 0 bridgehead atoms. The molecule has 1 aliphatic rings. The number of ether oxygens (including phenoxy) is 2. The van der Waals surface area contributed by atoms with Crippen LogP contribution in [0.4, 0.5) is 0 Å². The minimum Gasteiger partial charge on any atom is -0.394 e. The standard InChI is InChI=1S/C16H24ClN2O9P/c1-3-26-29(24,27-4-2)7-5-6-25-13-11(9-20)28-15(12(13)21)19-8-10(17)14(22)18-16(19)23/h5,7-8,11-13,15,20-21H,3-4,6,9H2,1-2H3,(H,18,22,23)/b7-5+/t11-,12-,13-,15-/m1/s1. The van der Waals surface area contributed by atoms with E-state index in [1.165, 1.54) is 11.9 Å². The molecule has 2 heterocycles. The fourth-order valence-electron chi connectivity index (χ4n) is 2.77. The number of nitrogens with zero attached hydrogens (tertiary/aromatic N) is 1. The summed E-state index contributed by atoms with van der Waals surface area (Å²) in [4.78, 5) is 25.4. The van der Waals surface area contributed by atoms with Gasteiger partial charge in [-0.3, -0.25) is 18.9 Å². The number of aliphatic hydroxyl groups is 2. The van der Waals surface area contributed by atoms with Crippen molar-refractivity contribution < 1.29 is 33.3 Å². The maximum atomic E-state index is 12.3. The number of aliphatic hydroxyl groups excluding tert-OH is 2. The van der Waals surface area contributed by atoms with E-state index in [1.807, 2.05) is 4.98 Å². The Hall–Kier alpha value is -1.30. The molecular weight excluding hydrogens is 431 g/mol. The van der Waals surface area contributed by atoms with Gasteiger partial charge in [-0.25, -0.2) is 4.79 Å². The van der Waals surface area contributed by atoms with E-state index in [0.717, 1.165) is 10.8 Å². The number of rotatable bonds is 10. The summed E-state index contributed by atoms with van der Waals surface area (Å²) in [6, 6.07) is 0. The number of halogens is 1. The summed E-state index contributed by atoms with van der Waals surface area (Å²) in [5.74, 6) is 1.25. The lowest BCUT2D eigenvalue weighted by Gasteiger charge is -2.19. The largest absolute Gasteiger partial charge is 0.394 e. The topological polar surface area (TPSA) is 149 Å². The lowest BCUT2D eigenvalue weighted by Crippen LogP contribution is -2.39. The lowest BCUT2D eigenvalue weighted by atomic mass is 10.1. The highest BCUT2D eigenvalue weighted by Crippen LogP contribution is 2.49. The van der Waals surface area contributed by atoms with Gasteiger partial charge < -0.3 is 28.7 Å². The second kappa shape index (κ2) is 10.6. The first kappa shape index (κ1) is 24.0. The minimum absolute atomic E-state index is 0.0975. The molecule has 0 saturated carbocycles. The molecule has 1 fully saturated rings. The van der Waals surface area contributed by atoms with Crippen LogP contribution in [-0.2, 0) is 23.1 Å². The van der Waals surface area contributed by atoms with Gasteiger partial charge in [-0.1, -0.05) is 17.7 Å². The molecule has 0 spiro atoms. The lowest BCUT2D eigenvalue weighted by molar-refractivity contribution is -0.0591. The Labute approximate surface area is 171 Å². The van der Waals surface area contributed by atoms with E-state index >= 15 is 0 Å². The molecule has 164 valence electrons. The van der Waals surface area contributed by atoms with Crippen LogP contribution in [0.2, 0.25) is 5.02 Å². The van der Waals surface area contributed by atoms with E-state index in [4.69, 9.17) is 30.1 Å². The molecule has 3 N–H and O–H groups in total. The Kier molecular flexibility index (Phi) is 8.80. The van der Waals surface area contributed by atoms with Gasteiger partial charge in [0.05, 0.1) is 26.4 Å². The summed E-state index contributed by atoms with van der Waals surface area (Å²) in [5, 5.41) is 19.8. The highest BCUT2D eigenvalue weighted by atomic mass is 35.5. The van der Waals surface area contributed by atoms with E-state index in [2.05, 4.69) is 0 Å². The van der Waals surface area contributed by atoms with E-state index in [-0.39, 0.29) is 24.8 Å². The second-order valence-corrected chi connectivity index (χ2v) is 8.24. The molecule has 0 amide bonds. The van der Waals surface area contributed by atoms with Gasteiger partial charge in [0.25, 0.3) is 5.56 Å². The van der Waals surface area contributed by atoms with Gasteiger partial charge in [0.15, 0.2) is 6.23 Å². The third-order valence-electron chi connectivity index (χ3n) is 3.98. The van der Waals surface area contributed by atoms with E-state index in [1.54, 1.807) is 13.8 Å². The minimum atomic E-state index is -3.39. The average Bonchev–Trinajstić information content (AvgIpc) is 2.98. The predicted molar refractivity (Wildman–Crippen MR) is 103 cm³/mol. The van der Waals surface area contributed by atoms with Crippen molar-refractivity contribution in [1.29, 1.82) is 0 Å². The molecule has 1 aromatic rings. The van der Waals surface area contributed by atoms with Crippen LogP contribution in [0.1, 0.15) is 20.1 Å². The van der Waals surface area contributed by atoms with Crippen molar-refractivity contribution in [2.45, 2.75) is 38.4 Å². The van der Waals surface area contributed by atoms with Crippen molar-refractivity contribution in [3.63, 3.8) is 0 Å². The van der Waals surface area contributed by atoms with Crippen molar-refractivity contribution in [1.82, 2.24) is 9.55 Å². The molecule has 11 nitrogen and oxygen atoms in total. The molecule has 29 heavy (non-hydrogen) atoms. The first-order valence-electron chi connectivity index (χ1n) is 8.89. The molecule has 0 unspecified atom stereocenters. The van der Waals surface area contributed by atoms with Crippen LogP contribution < -0.4 is 11.2 Å². The van der Waals surface area contributed by atoms with Crippen molar-refractivity contribution in [2.24, 2.45) is 0 Å². The predicted octanol–water partition coefficient (Wildman–Crippen LogP) is 0.606. The van der Waals surface area contributed by atoms with Crippen LogP contribution in [0.25, 0.3) is 0 Å². The zero-order chi connectivity index (χ0) is 21.6. The number of H-pyrrole nitrogens is 1. The molecule has 2 rings (SSSR count). The Morgan fingerprint density at radius 2 is 2.00 bits per heavy atom. The van der Waals surface area contributed by atoms with Gasteiger partial charge in [-0.05, 0) is 13.8 Å². The Morgan fingerprint density at radius 1 is 1.34 bits per heavy atom. The molecule has 1 saturated heterocycles. The van der Waals surface area contributed by atoms with Crippen LogP contribution in [-0.4, -0.2) is 64.5 Å². The summed E-state index contributed by atoms with van der Waals surface area (Å²) in [7, 11) is -3.39. The maximum absolute atomic E-state index is 12.3. The molecule has 0 aliphatic carbocycles. The Balaban J connectivity index is 2.11. The third-order valence-corrected chi connectivity index (χ3v) is 6.06. The fraction of sp³-hybridized carbons (Fsp3) is 0.625. The van der Waals surface area contributed by atoms with E-state index in [0.29, 0.717) is 0 Å². The molecule has 1 aliphatic heterocycles. The van der Waals surface area contributed by atoms with Crippen LogP contribution in [0.15, 0.2) is 27.7 Å². The van der Waals surface area contributed by atoms with Gasteiger partial charge in [0.2, 0.25) is 0 Å². The van der Waals surface area contributed by atoms with Gasteiger partial charge in [0.1, 0.15) is 23.3 Å². The van der Waals surface area contributed by atoms with Crippen LogP contribution in [0, 0.1) is 0 Å². The first-order valence-corrected chi connectivity index (χ1v) is 10.9. The number of hydrogen-bond donors (Lipinski definition) is 3. The normalized spacial score (nSPS) is 25.1. The van der Waals surface area contributed by atoms with E-state index in [9.17, 15) is 24.4 Å². The van der Waals surface area contributed by atoms with Gasteiger partial charge in [-0.15, -0.1) is 0 Å². The van der Waals surface area contributed by atoms with Crippen molar-refractivity contribution in [3.8, 4) is 0 Å². The fourth-order valence-corrected chi connectivity index (χ4v) is 4.24. The van der Waals surface area contributed by atoms with Gasteiger partial charge in [0, 0.05) is 12.0 Å². The molecule has 1 aromatic heterocycles. The summed E-state index contributed by atoms with van der Waals surface area (Å²) in [6.07, 6.45) is -2.11. The monoisotopic (exact) mass is 454 g/mol. The quantitative estimate of drug-likeness (QED) is 0.432. The smallest absolute Gasteiger partial charge is 0.353 e. The Bertz CT molecular complexity index is 861. The number of aromatic amines is 1. The van der Waals surface area contributed by atoms with Crippen LogP contribution >= 0.6 is 19.2 Å². The highest BCUT2D eigenvalue weighted by molar-refractivity contribution is 7.57. The zero-order valence-electron chi connectivity index (χ0n) is 15.9. The molecular formula is C16H24ClN2O9P. The summed E-state index contributed by atoms with van der Waals surface area (Å²) < 4.78 is 34.5. The average molecular weight is 455 g/mol. The first-order chi connectivity index (χ1) is 13.8. The molecule has 0 aromatic carbocycles. The highest BCUT2D eigenvalue weighted by Gasteiger charge is 2.45. The zero-order valence-corrected chi connectivity index (χ0v) is 17.5. The third kappa shape index (κ3) is 5.87. The summed E-state index contributed by atoms with van der Waals surface area (Å²) in [6.45, 7) is 3.16. The molecule has 4 atom stereocenters. The van der Waals surface area contributed by atoms with Gasteiger partial charge in [-0.2, -0.15) is 0 Å². The second-order valence-electron chi connectivity index (χ2n) is 5.94. The van der Waals surface area contributed by atoms with Crippen molar-refractivity contribution in [2.75, 3.05) is 26.4 Å². The van der Waals surface area contributed by atoms with Crippen LogP contribution in [0.3, 0.4) is 0 Å². The SMILES string of the molecule is CCOP(=O)(/C=C/CO[C@H]1[C@@H](O)[C@H](n2cc(Cl)c(=O)[nH]c2=O)O[C@@H]1CO)OCC. The summed E-state index contributed by atoms with van der Waals surface area (Å²) in [5.41, 5.74) is -1.61. The van der Waals surface area contributed by atoms with Crippen molar-refractivity contribution >= 4 is 19.2 Å². The Morgan fingerprint density at radius 3 is 2.59 bits per heavy atom. The van der Waals surface area contributed by atoms with Crippen LogP contribution in [0.5, 0.6) is 0 Å². The number of aromatic nitrogens is 2. The summed E-state index contributed by atoms with van der Waals surface area (Å²) >= 11 is 5.73. The molecule has 0 radical (unpaired) electrons. The van der Waals surface area contributed by atoms with E-state index < -0.39 is 50.0 Å². The molecule has 13 heteroatoms. The van der Waals surface area contributed by atoms with Gasteiger partial charge >= 0.3 is 13.3 Å². The number of nitrogens with one attached hydrogen (secondary N) is 1. The maximum Gasteiger partial charge on any atom is 0.353 e. The number of hydrogen-bond acceptors (Lipinski definition) is 9. The van der Waals surface area contributed by atoms with Crippen molar-refractivity contribution in [3.05, 3.63) is 44.0 Å².